The summed E-state index contributed by atoms with van der Waals surface area (Å²) in [6, 6.07) is 7.32. The zero-order valence-electron chi connectivity index (χ0n) is 11.9. The van der Waals surface area contributed by atoms with Crippen molar-refractivity contribution in [1.82, 2.24) is 5.32 Å². The van der Waals surface area contributed by atoms with Crippen molar-refractivity contribution in [2.24, 2.45) is 0 Å². The molecule has 0 aliphatic carbocycles. The van der Waals surface area contributed by atoms with E-state index in [9.17, 15) is 13.2 Å². The van der Waals surface area contributed by atoms with Crippen LogP contribution >= 0.6 is 0 Å². The highest BCUT2D eigenvalue weighted by Gasteiger charge is 2.26. The Morgan fingerprint density at radius 2 is 1.95 bits per heavy atom. The SMILES string of the molecule is CC(C)c1ccc(C(=O)CC2CS(=O)(=O)CCN2)cc1. The van der Waals surface area contributed by atoms with E-state index < -0.39 is 9.84 Å². The molecule has 0 spiro atoms. The third kappa shape index (κ3) is 3.90. The van der Waals surface area contributed by atoms with E-state index in [4.69, 9.17) is 0 Å². The van der Waals surface area contributed by atoms with Gasteiger partial charge in [0.15, 0.2) is 15.6 Å². The molecule has 1 atom stereocenters. The standard InChI is InChI=1S/C15H21NO3S/c1-11(2)12-3-5-13(6-4-12)15(17)9-14-10-20(18,19)8-7-16-14/h3-6,11,14,16H,7-10H2,1-2H3. The van der Waals surface area contributed by atoms with Crippen LogP contribution in [0.5, 0.6) is 0 Å². The number of hydrogen-bond acceptors (Lipinski definition) is 4. The minimum atomic E-state index is -2.99. The van der Waals surface area contributed by atoms with Gasteiger partial charge >= 0.3 is 0 Å². The molecule has 1 aliphatic heterocycles. The number of carbonyl (C=O) groups is 1. The Morgan fingerprint density at radius 1 is 1.30 bits per heavy atom. The van der Waals surface area contributed by atoms with Gasteiger partial charge in [-0.15, -0.1) is 0 Å². The first-order valence-corrected chi connectivity index (χ1v) is 8.76. The first-order chi connectivity index (χ1) is 9.37. The number of ketones is 1. The van der Waals surface area contributed by atoms with Gasteiger partial charge in [-0.05, 0) is 11.5 Å². The first kappa shape index (κ1) is 15.2. The Bertz CT molecular complexity index is 576. The number of sulfone groups is 1. The van der Waals surface area contributed by atoms with Gasteiger partial charge in [-0.3, -0.25) is 4.79 Å². The Morgan fingerprint density at radius 3 is 2.50 bits per heavy atom. The number of rotatable bonds is 4. The van der Waals surface area contributed by atoms with Crippen molar-refractivity contribution in [1.29, 1.82) is 0 Å². The second-order valence-electron chi connectivity index (χ2n) is 5.67. The average molecular weight is 295 g/mol. The van der Waals surface area contributed by atoms with Crippen LogP contribution in [0.25, 0.3) is 0 Å². The lowest BCUT2D eigenvalue weighted by atomic mass is 9.98. The molecule has 5 heteroatoms. The molecule has 0 radical (unpaired) electrons. The van der Waals surface area contributed by atoms with Crippen molar-refractivity contribution < 1.29 is 13.2 Å². The van der Waals surface area contributed by atoms with E-state index in [1.165, 1.54) is 5.56 Å². The smallest absolute Gasteiger partial charge is 0.164 e. The number of nitrogens with one attached hydrogen (secondary N) is 1. The molecule has 1 aromatic carbocycles. The van der Waals surface area contributed by atoms with E-state index in [2.05, 4.69) is 19.2 Å². The quantitative estimate of drug-likeness (QED) is 0.860. The average Bonchev–Trinajstić information content (AvgIpc) is 2.37. The fourth-order valence-corrected chi connectivity index (χ4v) is 3.84. The number of hydrogen-bond donors (Lipinski definition) is 1. The lowest BCUT2D eigenvalue weighted by Gasteiger charge is -2.23. The van der Waals surface area contributed by atoms with Crippen LogP contribution < -0.4 is 5.32 Å². The van der Waals surface area contributed by atoms with Gasteiger partial charge in [-0.25, -0.2) is 8.42 Å². The normalized spacial score (nSPS) is 21.9. The molecule has 0 saturated carbocycles. The van der Waals surface area contributed by atoms with Crippen molar-refractivity contribution in [3.63, 3.8) is 0 Å². The van der Waals surface area contributed by atoms with Crippen molar-refractivity contribution in [2.45, 2.75) is 32.2 Å². The highest BCUT2D eigenvalue weighted by molar-refractivity contribution is 7.91. The number of Topliss-reactive ketones (excluding diaryl/α,β-unsaturated/α-hetero) is 1. The second-order valence-corrected chi connectivity index (χ2v) is 7.90. The van der Waals surface area contributed by atoms with E-state index in [0.29, 0.717) is 18.0 Å². The molecule has 20 heavy (non-hydrogen) atoms. The lowest BCUT2D eigenvalue weighted by molar-refractivity contribution is 0.0972. The molecule has 110 valence electrons. The predicted molar refractivity (Wildman–Crippen MR) is 79.9 cm³/mol. The second kappa shape index (κ2) is 6.06. The highest BCUT2D eigenvalue weighted by atomic mass is 32.2. The van der Waals surface area contributed by atoms with Crippen molar-refractivity contribution >= 4 is 15.6 Å². The Hall–Kier alpha value is -1.20. The largest absolute Gasteiger partial charge is 0.312 e. The summed E-state index contributed by atoms with van der Waals surface area (Å²) in [6.45, 7) is 4.65. The van der Waals surface area contributed by atoms with Crippen LogP contribution in [-0.4, -0.2) is 38.3 Å². The van der Waals surface area contributed by atoms with E-state index in [1.54, 1.807) is 0 Å². The van der Waals surface area contributed by atoms with Crippen LogP contribution in [0, 0.1) is 0 Å². The first-order valence-electron chi connectivity index (χ1n) is 6.94. The number of benzene rings is 1. The van der Waals surface area contributed by atoms with Gasteiger partial charge in [0.1, 0.15) is 0 Å². The Labute approximate surface area is 120 Å². The summed E-state index contributed by atoms with van der Waals surface area (Å²) in [5.41, 5.74) is 1.85. The minimum Gasteiger partial charge on any atom is -0.312 e. The van der Waals surface area contributed by atoms with Gasteiger partial charge in [-0.1, -0.05) is 38.1 Å². The minimum absolute atomic E-state index is 0.00472. The Balaban J connectivity index is 2.01. The molecule has 0 bridgehead atoms. The molecule has 1 heterocycles. The van der Waals surface area contributed by atoms with E-state index in [-0.39, 0.29) is 29.8 Å². The zero-order chi connectivity index (χ0) is 14.8. The molecule has 1 N–H and O–H groups in total. The van der Waals surface area contributed by atoms with Gasteiger partial charge in [0.05, 0.1) is 11.5 Å². The summed E-state index contributed by atoms with van der Waals surface area (Å²) >= 11 is 0. The van der Waals surface area contributed by atoms with Crippen LogP contribution in [0.3, 0.4) is 0 Å². The molecule has 1 fully saturated rings. The van der Waals surface area contributed by atoms with Crippen molar-refractivity contribution in [3.05, 3.63) is 35.4 Å². The third-order valence-corrected chi connectivity index (χ3v) is 5.37. The summed E-state index contributed by atoms with van der Waals surface area (Å²) in [4.78, 5) is 12.2. The summed E-state index contributed by atoms with van der Waals surface area (Å²) in [5.74, 6) is 0.656. The monoisotopic (exact) mass is 295 g/mol. The molecule has 1 saturated heterocycles. The fourth-order valence-electron chi connectivity index (χ4n) is 2.39. The van der Waals surface area contributed by atoms with Gasteiger partial charge in [-0.2, -0.15) is 0 Å². The molecule has 1 aromatic rings. The van der Waals surface area contributed by atoms with E-state index in [0.717, 1.165) is 0 Å². The number of carbonyl (C=O) groups excluding carboxylic acids is 1. The van der Waals surface area contributed by atoms with Gasteiger partial charge in [0, 0.05) is 24.6 Å². The fraction of sp³-hybridized carbons (Fsp3) is 0.533. The maximum Gasteiger partial charge on any atom is 0.164 e. The zero-order valence-corrected chi connectivity index (χ0v) is 12.7. The molecule has 0 aromatic heterocycles. The molecule has 4 nitrogen and oxygen atoms in total. The lowest BCUT2D eigenvalue weighted by Crippen LogP contribution is -2.45. The molecular weight excluding hydrogens is 274 g/mol. The maximum atomic E-state index is 12.2. The summed E-state index contributed by atoms with van der Waals surface area (Å²) in [5, 5.41) is 3.10. The summed E-state index contributed by atoms with van der Waals surface area (Å²) < 4.78 is 23.1. The van der Waals surface area contributed by atoms with Gasteiger partial charge in [0.2, 0.25) is 0 Å². The van der Waals surface area contributed by atoms with Crippen molar-refractivity contribution in [3.8, 4) is 0 Å². The Kier molecular flexibility index (Phi) is 4.60. The predicted octanol–water partition coefficient (Wildman–Crippen LogP) is 1.77. The summed E-state index contributed by atoms with van der Waals surface area (Å²) in [7, 11) is -2.99. The molecule has 1 aliphatic rings. The summed E-state index contributed by atoms with van der Waals surface area (Å²) in [6.07, 6.45) is 0.236. The van der Waals surface area contributed by atoms with Crippen LogP contribution in [0.1, 0.15) is 42.1 Å². The molecule has 0 amide bonds. The van der Waals surface area contributed by atoms with Crippen LogP contribution in [0.2, 0.25) is 0 Å². The topological polar surface area (TPSA) is 63.2 Å². The maximum absolute atomic E-state index is 12.2. The van der Waals surface area contributed by atoms with Gasteiger partial charge < -0.3 is 5.32 Å². The highest BCUT2D eigenvalue weighted by Crippen LogP contribution is 2.16. The van der Waals surface area contributed by atoms with Crippen LogP contribution in [-0.2, 0) is 9.84 Å². The van der Waals surface area contributed by atoms with E-state index in [1.807, 2.05) is 24.3 Å². The van der Waals surface area contributed by atoms with Gasteiger partial charge in [0.25, 0.3) is 0 Å². The van der Waals surface area contributed by atoms with E-state index >= 15 is 0 Å². The van der Waals surface area contributed by atoms with Crippen molar-refractivity contribution in [2.75, 3.05) is 18.1 Å². The van der Waals surface area contributed by atoms with Crippen LogP contribution in [0.4, 0.5) is 0 Å². The molecule has 1 unspecified atom stereocenters. The third-order valence-electron chi connectivity index (χ3n) is 3.63. The molecule has 2 rings (SSSR count). The molecular formula is C15H21NO3S. The van der Waals surface area contributed by atoms with Crippen LogP contribution in [0.15, 0.2) is 24.3 Å².